The van der Waals surface area contributed by atoms with Crippen LogP contribution >= 0.6 is 0 Å². The summed E-state index contributed by atoms with van der Waals surface area (Å²) >= 11 is 0. The highest BCUT2D eigenvalue weighted by Crippen LogP contribution is 2.23. The van der Waals surface area contributed by atoms with Gasteiger partial charge in [-0.2, -0.15) is 18.6 Å². The number of halogens is 3. The van der Waals surface area contributed by atoms with Crippen LogP contribution in [0.3, 0.4) is 0 Å². The minimum atomic E-state index is -2.98. The molecule has 1 saturated carbocycles. The molecular weight excluding hydrogens is 451 g/mol. The standard InChI is InChI=1S/C24H22F3N3O4/c25-15-4-3-5-16(12-15)30-23(33)18(22(32)28-19-6-1-2-7-21(19)31)13-20(29-30)14-8-10-17(11-9-14)34-24(26)27/h3-5,8-13,19,21,24,31H,1-2,6-7H2,(H,28,32)/t19-,21+/m0/s1. The number of amides is 1. The molecule has 2 N–H and O–H groups in total. The summed E-state index contributed by atoms with van der Waals surface area (Å²) in [6, 6.07) is 11.5. The Kier molecular flexibility index (Phi) is 6.97. The van der Waals surface area contributed by atoms with Crippen LogP contribution in [0.4, 0.5) is 13.2 Å². The minimum Gasteiger partial charge on any atom is -0.435 e. The number of hydrogen-bond acceptors (Lipinski definition) is 5. The molecule has 7 nitrogen and oxygen atoms in total. The SMILES string of the molecule is O=C(N[C@H]1CCCC[C@H]1O)c1cc(-c2ccc(OC(F)F)cc2)nn(-c2cccc(F)c2)c1=O. The van der Waals surface area contributed by atoms with Crippen LogP contribution in [-0.2, 0) is 0 Å². The summed E-state index contributed by atoms with van der Waals surface area (Å²) in [6.45, 7) is -2.98. The van der Waals surface area contributed by atoms with Crippen molar-refractivity contribution in [3.63, 3.8) is 0 Å². The number of benzene rings is 2. The van der Waals surface area contributed by atoms with Gasteiger partial charge in [-0.05, 0) is 61.4 Å². The Bertz CT molecular complexity index is 1230. The van der Waals surface area contributed by atoms with Crippen LogP contribution in [0.15, 0.2) is 59.4 Å². The van der Waals surface area contributed by atoms with Gasteiger partial charge in [0.1, 0.15) is 17.1 Å². The molecular formula is C24H22F3N3O4. The molecule has 1 heterocycles. The molecule has 4 rings (SSSR count). The number of aliphatic hydroxyl groups excluding tert-OH is 1. The molecule has 0 unspecified atom stereocenters. The Morgan fingerprint density at radius 1 is 1.12 bits per heavy atom. The topological polar surface area (TPSA) is 93.4 Å². The lowest BCUT2D eigenvalue weighted by Crippen LogP contribution is -2.46. The van der Waals surface area contributed by atoms with Gasteiger partial charge in [-0.25, -0.2) is 4.39 Å². The van der Waals surface area contributed by atoms with Crippen molar-refractivity contribution < 1.29 is 27.8 Å². The summed E-state index contributed by atoms with van der Waals surface area (Å²) in [5.41, 5.74) is -0.314. The first kappa shape index (κ1) is 23.5. The van der Waals surface area contributed by atoms with Gasteiger partial charge < -0.3 is 15.2 Å². The van der Waals surface area contributed by atoms with Gasteiger partial charge >= 0.3 is 6.61 Å². The summed E-state index contributed by atoms with van der Waals surface area (Å²) in [7, 11) is 0. The highest BCUT2D eigenvalue weighted by molar-refractivity contribution is 5.95. The van der Waals surface area contributed by atoms with E-state index in [0.717, 1.165) is 23.6 Å². The second-order valence-electron chi connectivity index (χ2n) is 7.97. The lowest BCUT2D eigenvalue weighted by Gasteiger charge is -2.28. The quantitative estimate of drug-likeness (QED) is 0.570. The van der Waals surface area contributed by atoms with Gasteiger partial charge in [0.2, 0.25) is 0 Å². The van der Waals surface area contributed by atoms with Gasteiger partial charge in [0.25, 0.3) is 11.5 Å². The van der Waals surface area contributed by atoms with Crippen molar-refractivity contribution in [1.29, 1.82) is 0 Å². The molecule has 1 aliphatic carbocycles. The van der Waals surface area contributed by atoms with E-state index in [-0.39, 0.29) is 22.7 Å². The average molecular weight is 473 g/mol. The summed E-state index contributed by atoms with van der Waals surface area (Å²) in [6.07, 6.45) is 2.10. The second kappa shape index (κ2) is 10.1. The van der Waals surface area contributed by atoms with Crippen molar-refractivity contribution in [2.75, 3.05) is 0 Å². The summed E-state index contributed by atoms with van der Waals surface area (Å²) in [5.74, 6) is -1.36. The molecule has 34 heavy (non-hydrogen) atoms. The molecule has 1 fully saturated rings. The van der Waals surface area contributed by atoms with Crippen LogP contribution in [0.5, 0.6) is 5.75 Å². The average Bonchev–Trinajstić information content (AvgIpc) is 2.81. The molecule has 0 aliphatic heterocycles. The van der Waals surface area contributed by atoms with Gasteiger partial charge in [0.15, 0.2) is 0 Å². The molecule has 0 spiro atoms. The third-order valence-corrected chi connectivity index (χ3v) is 5.63. The lowest BCUT2D eigenvalue weighted by molar-refractivity contribution is -0.0498. The Morgan fingerprint density at radius 3 is 2.53 bits per heavy atom. The van der Waals surface area contributed by atoms with Crippen LogP contribution in [0.1, 0.15) is 36.0 Å². The fraction of sp³-hybridized carbons (Fsp3) is 0.292. The fourth-order valence-electron chi connectivity index (χ4n) is 3.91. The molecule has 10 heteroatoms. The van der Waals surface area contributed by atoms with E-state index >= 15 is 0 Å². The predicted octanol–water partition coefficient (Wildman–Crippen LogP) is 3.67. The number of alkyl halides is 2. The fourth-order valence-corrected chi connectivity index (χ4v) is 3.91. The Hall–Kier alpha value is -3.66. The van der Waals surface area contributed by atoms with Gasteiger partial charge in [-0.1, -0.05) is 18.9 Å². The zero-order valence-corrected chi connectivity index (χ0v) is 18.0. The van der Waals surface area contributed by atoms with Gasteiger partial charge in [-0.3, -0.25) is 9.59 Å². The van der Waals surface area contributed by atoms with Gasteiger partial charge in [0, 0.05) is 5.56 Å². The van der Waals surface area contributed by atoms with E-state index < -0.39 is 36.0 Å². The van der Waals surface area contributed by atoms with Crippen LogP contribution in [0.25, 0.3) is 16.9 Å². The Morgan fingerprint density at radius 2 is 1.85 bits per heavy atom. The molecule has 1 aromatic heterocycles. The van der Waals surface area contributed by atoms with E-state index in [4.69, 9.17) is 0 Å². The zero-order chi connectivity index (χ0) is 24.2. The van der Waals surface area contributed by atoms with Crippen molar-refractivity contribution in [2.45, 2.75) is 44.4 Å². The minimum absolute atomic E-state index is 0.0681. The van der Waals surface area contributed by atoms with Crippen LogP contribution in [0, 0.1) is 5.82 Å². The largest absolute Gasteiger partial charge is 0.435 e. The lowest BCUT2D eigenvalue weighted by atomic mass is 9.92. The number of nitrogens with one attached hydrogen (secondary N) is 1. The third-order valence-electron chi connectivity index (χ3n) is 5.63. The molecule has 0 bridgehead atoms. The van der Waals surface area contributed by atoms with Crippen molar-refractivity contribution >= 4 is 5.91 Å². The van der Waals surface area contributed by atoms with E-state index in [1.54, 1.807) is 0 Å². The molecule has 2 aromatic carbocycles. The molecule has 3 aromatic rings. The third kappa shape index (κ3) is 5.28. The predicted molar refractivity (Wildman–Crippen MR) is 118 cm³/mol. The van der Waals surface area contributed by atoms with E-state index in [9.17, 15) is 27.9 Å². The normalized spacial score (nSPS) is 18.0. The number of carbonyl (C=O) groups excluding carboxylic acids is 1. The number of aromatic nitrogens is 2. The number of carbonyl (C=O) groups is 1. The first-order valence-corrected chi connectivity index (χ1v) is 10.8. The first-order valence-electron chi connectivity index (χ1n) is 10.8. The summed E-state index contributed by atoms with van der Waals surface area (Å²) in [5, 5.41) is 17.2. The van der Waals surface area contributed by atoms with Gasteiger partial charge in [-0.15, -0.1) is 0 Å². The number of nitrogens with zero attached hydrogens (tertiary/aromatic N) is 2. The van der Waals surface area contributed by atoms with Crippen LogP contribution < -0.4 is 15.6 Å². The maximum absolute atomic E-state index is 13.8. The molecule has 1 aliphatic rings. The smallest absolute Gasteiger partial charge is 0.387 e. The van der Waals surface area contributed by atoms with Crippen molar-refractivity contribution in [2.24, 2.45) is 0 Å². The van der Waals surface area contributed by atoms with E-state index in [2.05, 4.69) is 15.2 Å². The number of rotatable bonds is 6. The molecule has 1 amide bonds. The molecule has 0 saturated heterocycles. The van der Waals surface area contributed by atoms with E-state index in [1.807, 2.05) is 0 Å². The maximum Gasteiger partial charge on any atom is 0.387 e. The number of ether oxygens (including phenoxy) is 1. The second-order valence-corrected chi connectivity index (χ2v) is 7.97. The molecule has 2 atom stereocenters. The number of aliphatic hydroxyl groups is 1. The monoisotopic (exact) mass is 473 g/mol. The molecule has 178 valence electrons. The summed E-state index contributed by atoms with van der Waals surface area (Å²) < 4.78 is 44.0. The van der Waals surface area contributed by atoms with Crippen molar-refractivity contribution in [3.05, 3.63) is 76.3 Å². The van der Waals surface area contributed by atoms with Crippen LogP contribution in [0.2, 0.25) is 0 Å². The van der Waals surface area contributed by atoms with E-state index in [1.165, 1.54) is 48.5 Å². The van der Waals surface area contributed by atoms with Crippen molar-refractivity contribution in [1.82, 2.24) is 15.1 Å². The van der Waals surface area contributed by atoms with E-state index in [0.29, 0.717) is 18.4 Å². The molecule has 0 radical (unpaired) electrons. The van der Waals surface area contributed by atoms with Crippen LogP contribution in [-0.4, -0.2) is 39.6 Å². The maximum atomic E-state index is 13.8. The number of hydrogen-bond donors (Lipinski definition) is 2. The highest BCUT2D eigenvalue weighted by Gasteiger charge is 2.27. The Balaban J connectivity index is 1.76. The highest BCUT2D eigenvalue weighted by atomic mass is 19.3. The van der Waals surface area contributed by atoms with Gasteiger partial charge in [0.05, 0.1) is 23.5 Å². The first-order chi connectivity index (χ1) is 16.3. The zero-order valence-electron chi connectivity index (χ0n) is 18.0. The Labute approximate surface area is 192 Å². The summed E-state index contributed by atoms with van der Waals surface area (Å²) in [4.78, 5) is 26.2. The van der Waals surface area contributed by atoms with Crippen molar-refractivity contribution in [3.8, 4) is 22.7 Å².